The van der Waals surface area contributed by atoms with Crippen molar-refractivity contribution in [1.82, 2.24) is 0 Å². The summed E-state index contributed by atoms with van der Waals surface area (Å²) in [6.45, 7) is 2.03. The fraction of sp³-hybridized carbons (Fsp3) is 0.478. The predicted octanol–water partition coefficient (Wildman–Crippen LogP) is 4.24. The van der Waals surface area contributed by atoms with E-state index < -0.39 is 27.2 Å². The minimum absolute atomic E-state index is 0.197. The van der Waals surface area contributed by atoms with Gasteiger partial charge in [-0.1, -0.05) is 0 Å². The van der Waals surface area contributed by atoms with Crippen LogP contribution < -0.4 is 13.5 Å². The number of aliphatic hydroxyl groups excluding tert-OH is 1. The first-order chi connectivity index (χ1) is 13.7. The Bertz CT molecular complexity index is 760. The Balaban J connectivity index is 1.88. The molecule has 0 spiro atoms. The van der Waals surface area contributed by atoms with Crippen LogP contribution in [0.4, 0.5) is 0 Å². The fourth-order valence-corrected chi connectivity index (χ4v) is 6.01. The molecule has 0 aliphatic rings. The first-order valence-corrected chi connectivity index (χ1v) is 13.2. The molecule has 0 aliphatic carbocycles. The zero-order chi connectivity index (χ0) is 20.2. The zero-order valence-electron chi connectivity index (χ0n) is 16.6. The predicted molar refractivity (Wildman–Crippen MR) is 106 cm³/mol. The first kappa shape index (κ1) is 23.3. The summed E-state index contributed by atoms with van der Waals surface area (Å²) in [7, 11) is 0. The number of aliphatic hydroxyl groups is 1. The van der Waals surface area contributed by atoms with Crippen LogP contribution in [0.2, 0.25) is 5.36 Å². The van der Waals surface area contributed by atoms with Crippen molar-refractivity contribution < 1.29 is 40.0 Å². The van der Waals surface area contributed by atoms with Gasteiger partial charge in [-0.2, -0.15) is 0 Å². The number of hydrogen-bond donors (Lipinski definition) is 1. The van der Waals surface area contributed by atoms with Crippen molar-refractivity contribution in [3.8, 4) is 0 Å². The molecule has 0 aromatic heterocycles. The molecule has 0 amide bonds. The van der Waals surface area contributed by atoms with E-state index in [1.165, 1.54) is 38.5 Å². The Morgan fingerprint density at radius 2 is 1.43 bits per heavy atom. The molecular formula is C23H32Co2O3. The molecule has 160 valence electrons. The Hall–Kier alpha value is -0.987. The summed E-state index contributed by atoms with van der Waals surface area (Å²) in [5.41, 5.74) is 0.611. The maximum atomic E-state index is 12.8. The van der Waals surface area contributed by atoms with E-state index in [0.717, 1.165) is 21.8 Å². The van der Waals surface area contributed by atoms with Crippen LogP contribution in [0.1, 0.15) is 63.9 Å². The van der Waals surface area contributed by atoms with Crippen molar-refractivity contribution in [1.29, 1.82) is 0 Å². The molecule has 0 heterocycles. The monoisotopic (exact) mass is 474 g/mol. The van der Waals surface area contributed by atoms with Gasteiger partial charge in [0.2, 0.25) is 0 Å². The van der Waals surface area contributed by atoms with Gasteiger partial charge >= 0.3 is 178 Å². The molecule has 0 saturated heterocycles. The number of hydrogen-bond acceptors (Lipinski definition) is 3. The molecule has 5 heteroatoms. The molecule has 28 heavy (non-hydrogen) atoms. The molecular weight excluding hydrogens is 442 g/mol. The third-order valence-corrected chi connectivity index (χ3v) is 8.28. The minimum atomic E-state index is -1.73. The van der Waals surface area contributed by atoms with E-state index in [9.17, 15) is 12.8 Å². The molecule has 1 N–H and O–H groups in total. The van der Waals surface area contributed by atoms with E-state index >= 15 is 0 Å². The van der Waals surface area contributed by atoms with Gasteiger partial charge in [0.15, 0.2) is 0 Å². The van der Waals surface area contributed by atoms with Crippen LogP contribution in [0.25, 0.3) is 0 Å². The van der Waals surface area contributed by atoms with Crippen LogP contribution >= 0.6 is 0 Å². The topological polar surface area (TPSA) is 54.4 Å². The Morgan fingerprint density at radius 3 is 2.07 bits per heavy atom. The van der Waals surface area contributed by atoms with Crippen molar-refractivity contribution >= 4 is 13.5 Å². The van der Waals surface area contributed by atoms with Crippen LogP contribution in [0, 0.1) is 0 Å². The SMILES string of the molecule is CCCCCCCCC[CH2][Co](=[O])[c]1cc[c]([Co](=[O])[c]2ccccc2)c(CO)c1. The second kappa shape index (κ2) is 13.3. The molecule has 0 saturated carbocycles. The van der Waals surface area contributed by atoms with Crippen molar-refractivity contribution in [2.75, 3.05) is 0 Å². The van der Waals surface area contributed by atoms with Crippen molar-refractivity contribution in [2.24, 2.45) is 0 Å². The summed E-state index contributed by atoms with van der Waals surface area (Å²) in [6.07, 6.45) is 9.80. The van der Waals surface area contributed by atoms with Gasteiger partial charge in [0.1, 0.15) is 0 Å². The average Bonchev–Trinajstić information content (AvgIpc) is 2.75. The summed E-state index contributed by atoms with van der Waals surface area (Å²) < 4.78 is 27.5. The quantitative estimate of drug-likeness (QED) is 0.442. The number of unbranched alkanes of at least 4 members (excludes halogenated alkanes) is 7. The molecule has 2 rings (SSSR count). The van der Waals surface area contributed by atoms with Crippen LogP contribution in [0.15, 0.2) is 48.5 Å². The number of rotatable bonds is 13. The van der Waals surface area contributed by atoms with Gasteiger partial charge in [0.05, 0.1) is 0 Å². The summed E-state index contributed by atoms with van der Waals surface area (Å²) in [4.78, 5) is 0. The maximum absolute atomic E-state index is 12.8. The standard InChI is InChI=1S/C10H21.C7H6O.C6H5.2Co.2O/c1-3-5-7-9-10-8-6-4-2;8-6-7-4-2-1-3-5-7;1-2-4-6-5-3-1;;;;/h1,3-10H2,2H3;1-2,5,8H,6H2;1-5H;;;;. The van der Waals surface area contributed by atoms with Crippen LogP contribution in [-0.4, -0.2) is 5.11 Å². The fourth-order valence-electron chi connectivity index (χ4n) is 2.94. The summed E-state index contributed by atoms with van der Waals surface area (Å²) in [5.74, 6) is 0. The molecule has 3 nitrogen and oxygen atoms in total. The van der Waals surface area contributed by atoms with Crippen LogP contribution in [0.3, 0.4) is 0 Å². The van der Waals surface area contributed by atoms with E-state index in [4.69, 9.17) is 0 Å². The normalized spacial score (nSPS) is 12.1. The molecule has 0 unspecified atom stereocenters. The Kier molecular flexibility index (Phi) is 11.0. The van der Waals surface area contributed by atoms with Gasteiger partial charge in [-0.25, -0.2) is 0 Å². The summed E-state index contributed by atoms with van der Waals surface area (Å²) >= 11 is -3.18. The summed E-state index contributed by atoms with van der Waals surface area (Å²) in [6, 6.07) is 14.6. The van der Waals surface area contributed by atoms with E-state index in [1.54, 1.807) is 12.1 Å². The van der Waals surface area contributed by atoms with Gasteiger partial charge in [0, 0.05) is 0 Å². The molecule has 0 bridgehead atoms. The van der Waals surface area contributed by atoms with E-state index in [-0.39, 0.29) is 6.61 Å². The van der Waals surface area contributed by atoms with Gasteiger partial charge in [-0.05, 0) is 0 Å². The first-order valence-electron chi connectivity index (χ1n) is 10.0. The second-order valence-electron chi connectivity index (χ2n) is 6.76. The molecule has 0 aliphatic heterocycles. The van der Waals surface area contributed by atoms with E-state index in [0.29, 0.717) is 15.4 Å². The Morgan fingerprint density at radius 1 is 0.786 bits per heavy atom. The average molecular weight is 474 g/mol. The van der Waals surface area contributed by atoms with E-state index in [1.807, 2.05) is 36.4 Å². The van der Waals surface area contributed by atoms with Crippen molar-refractivity contribution in [3.05, 3.63) is 54.1 Å². The van der Waals surface area contributed by atoms with Gasteiger partial charge in [-0.15, -0.1) is 0 Å². The second-order valence-corrected chi connectivity index (χ2v) is 10.6. The van der Waals surface area contributed by atoms with Crippen molar-refractivity contribution in [2.45, 2.75) is 70.3 Å². The molecule has 2 aromatic rings. The third kappa shape index (κ3) is 7.45. The molecule has 0 radical (unpaired) electrons. The summed E-state index contributed by atoms with van der Waals surface area (Å²) in [5, 5.41) is 10.4. The van der Waals surface area contributed by atoms with Gasteiger partial charge < -0.3 is 0 Å². The van der Waals surface area contributed by atoms with Crippen LogP contribution in [0.5, 0.6) is 0 Å². The van der Waals surface area contributed by atoms with E-state index in [2.05, 4.69) is 6.92 Å². The van der Waals surface area contributed by atoms with Crippen molar-refractivity contribution in [3.63, 3.8) is 0 Å². The number of benzene rings is 2. The molecule has 2 aromatic carbocycles. The molecule has 0 fully saturated rings. The third-order valence-electron chi connectivity index (χ3n) is 4.54. The van der Waals surface area contributed by atoms with Gasteiger partial charge in [-0.3, -0.25) is 0 Å². The van der Waals surface area contributed by atoms with Crippen LogP contribution in [-0.2, 0) is 41.5 Å². The Labute approximate surface area is 177 Å². The van der Waals surface area contributed by atoms with Gasteiger partial charge in [0.25, 0.3) is 0 Å². The molecule has 0 atom stereocenters. The zero-order valence-corrected chi connectivity index (χ0v) is 18.7.